The zero-order valence-electron chi connectivity index (χ0n) is 27.0. The Bertz CT molecular complexity index is 1210. The molecule has 0 aromatic rings. The molecule has 2 aliphatic heterocycles. The molecule has 0 N–H and O–H groups in total. The third-order valence-electron chi connectivity index (χ3n) is 6.24. The first-order valence-electron chi connectivity index (χ1n) is 14.1. The van der Waals surface area contributed by atoms with E-state index in [0.29, 0.717) is 0 Å². The molecule has 3 unspecified atom stereocenters. The van der Waals surface area contributed by atoms with E-state index in [2.05, 4.69) is 0 Å². The Morgan fingerprint density at radius 1 is 0.489 bits per heavy atom. The Morgan fingerprint density at radius 2 is 0.915 bits per heavy atom. The summed E-state index contributed by atoms with van der Waals surface area (Å²) in [7, 11) is 0. The second-order valence-corrected chi connectivity index (χ2v) is 10.3. The first-order valence-corrected chi connectivity index (χ1v) is 14.1. The summed E-state index contributed by atoms with van der Waals surface area (Å²) in [4.78, 5) is 96.4. The van der Waals surface area contributed by atoms with Gasteiger partial charge in [0, 0.05) is 55.4 Å². The first kappa shape index (κ1) is 38.8. The lowest BCUT2D eigenvalue weighted by Gasteiger charge is -2.46. The summed E-state index contributed by atoms with van der Waals surface area (Å²) in [6.45, 7) is 6.12. The largest absolute Gasteiger partial charge is 0.463 e. The van der Waals surface area contributed by atoms with Gasteiger partial charge in [0.25, 0.3) is 0 Å². The van der Waals surface area contributed by atoms with Crippen molar-refractivity contribution in [2.75, 3.05) is 19.8 Å². The molecule has 9 atom stereocenters. The van der Waals surface area contributed by atoms with Crippen LogP contribution in [0.2, 0.25) is 0 Å². The summed E-state index contributed by atoms with van der Waals surface area (Å²) in [6.07, 6.45) is -13.2. The van der Waals surface area contributed by atoms with Gasteiger partial charge in [-0.3, -0.25) is 38.4 Å². The van der Waals surface area contributed by atoms with Gasteiger partial charge in [-0.2, -0.15) is 0 Å². The smallest absolute Gasteiger partial charge is 0.303 e. The number of carbonyl (C=O) groups is 8. The van der Waals surface area contributed by atoms with Crippen LogP contribution < -0.4 is 0 Å². The van der Waals surface area contributed by atoms with Gasteiger partial charge in [-0.05, 0) is 0 Å². The van der Waals surface area contributed by atoms with Gasteiger partial charge in [-0.15, -0.1) is 0 Å². The van der Waals surface area contributed by atoms with E-state index in [1.807, 2.05) is 0 Å². The van der Waals surface area contributed by atoms with Crippen molar-refractivity contribution >= 4 is 47.8 Å². The molecule has 2 aliphatic rings. The molecule has 0 radical (unpaired) electrons. The normalized spacial score (nSPS) is 29.8. The maximum Gasteiger partial charge on any atom is 0.303 e. The number of hydrogen-bond acceptors (Lipinski definition) is 19. The van der Waals surface area contributed by atoms with E-state index >= 15 is 0 Å². The number of hydrogen-bond donors (Lipinski definition) is 0. The molecule has 0 bridgehead atoms. The maximum atomic E-state index is 12.3. The average Bonchev–Trinajstić information content (AvgIpc) is 3.18. The monoisotopic (exact) mass is 678 g/mol. The number of esters is 8. The van der Waals surface area contributed by atoms with Crippen molar-refractivity contribution in [1.82, 2.24) is 0 Å². The fourth-order valence-corrected chi connectivity index (χ4v) is 4.76. The molecule has 2 rings (SSSR count). The number of ether oxygens (including phenoxy) is 11. The minimum absolute atomic E-state index is 0.588. The van der Waals surface area contributed by atoms with Crippen LogP contribution in [-0.4, -0.2) is 122 Å². The highest BCUT2D eigenvalue weighted by Gasteiger charge is 2.65. The van der Waals surface area contributed by atoms with Crippen molar-refractivity contribution in [1.29, 1.82) is 0 Å². The summed E-state index contributed by atoms with van der Waals surface area (Å²) >= 11 is 0. The van der Waals surface area contributed by atoms with Gasteiger partial charge in [0.05, 0.1) is 0 Å². The summed E-state index contributed by atoms with van der Waals surface area (Å²) in [6, 6.07) is 0. The number of rotatable bonds is 13. The Balaban J connectivity index is 2.78. The highest BCUT2D eigenvalue weighted by molar-refractivity contribution is 5.69. The van der Waals surface area contributed by atoms with Crippen LogP contribution in [0.4, 0.5) is 0 Å². The summed E-state index contributed by atoms with van der Waals surface area (Å²) in [5.74, 6) is -9.54. The summed E-state index contributed by atoms with van der Waals surface area (Å²) < 4.78 is 60.5. The highest BCUT2D eigenvalue weighted by atomic mass is 16.8. The molecule has 19 nitrogen and oxygen atoms in total. The Morgan fingerprint density at radius 3 is 1.38 bits per heavy atom. The van der Waals surface area contributed by atoms with Crippen LogP contribution in [0.5, 0.6) is 0 Å². The number of carbonyl (C=O) groups excluding carboxylic acids is 8. The van der Waals surface area contributed by atoms with Gasteiger partial charge in [0.15, 0.2) is 30.5 Å². The third-order valence-corrected chi connectivity index (χ3v) is 6.24. The van der Waals surface area contributed by atoms with Gasteiger partial charge in [0.1, 0.15) is 32.0 Å². The van der Waals surface area contributed by atoms with Gasteiger partial charge < -0.3 is 52.1 Å². The van der Waals surface area contributed by atoms with Crippen LogP contribution in [0.15, 0.2) is 0 Å². The minimum atomic E-state index is -2.48. The second-order valence-electron chi connectivity index (χ2n) is 10.3. The van der Waals surface area contributed by atoms with Crippen molar-refractivity contribution < 1.29 is 90.5 Å². The van der Waals surface area contributed by atoms with E-state index in [4.69, 9.17) is 52.1 Å². The standard InChI is InChI=1S/C28H38O19/c1-12(29)37-9-20-22(40-15(4)32)24(42-17(6)34)25(43-18(7)35)27(45-20)47-28(11-39-14(3)31)26(44-19(8)36)23(41-16(5)33)21(46-28)10-38-13(2)30/h20-27H,9-11H2,1-8H3/t20?,21-,22-,23?,24+,25?,26-,27-,28-/m1/s1. The Kier molecular flexibility index (Phi) is 14.0. The molecule has 2 fully saturated rings. The molecule has 47 heavy (non-hydrogen) atoms. The van der Waals surface area contributed by atoms with Crippen LogP contribution in [0.25, 0.3) is 0 Å². The molecule has 2 heterocycles. The van der Waals surface area contributed by atoms with Crippen molar-refractivity contribution in [2.24, 2.45) is 0 Å². The predicted molar refractivity (Wildman–Crippen MR) is 145 cm³/mol. The van der Waals surface area contributed by atoms with Gasteiger partial charge >= 0.3 is 47.8 Å². The van der Waals surface area contributed by atoms with E-state index in [-0.39, 0.29) is 0 Å². The van der Waals surface area contributed by atoms with Gasteiger partial charge in [0.2, 0.25) is 12.1 Å². The summed E-state index contributed by atoms with van der Waals surface area (Å²) in [5.41, 5.74) is 0. The van der Waals surface area contributed by atoms with E-state index in [9.17, 15) is 38.4 Å². The zero-order chi connectivity index (χ0) is 35.6. The van der Waals surface area contributed by atoms with Gasteiger partial charge in [-0.25, -0.2) is 0 Å². The molecule has 2 saturated heterocycles. The van der Waals surface area contributed by atoms with Crippen LogP contribution >= 0.6 is 0 Å². The zero-order valence-corrected chi connectivity index (χ0v) is 27.0. The van der Waals surface area contributed by atoms with Crippen molar-refractivity contribution in [3.05, 3.63) is 0 Å². The Hall–Kier alpha value is -4.36. The molecule has 0 amide bonds. The van der Waals surface area contributed by atoms with Crippen molar-refractivity contribution in [3.63, 3.8) is 0 Å². The minimum Gasteiger partial charge on any atom is -0.463 e. The molecule has 0 aromatic heterocycles. The topological polar surface area (TPSA) is 238 Å². The molecule has 0 aromatic carbocycles. The lowest BCUT2D eigenvalue weighted by Crippen LogP contribution is -2.65. The SMILES string of the molecule is CC(=O)OCC1O[C@H](O[C@@]2(COC(C)=O)O[C@H](COC(C)=O)C(OC(C)=O)[C@H]2OC(C)=O)C(OC(C)=O)[C@@H](OC(C)=O)[C@@H]1OC(C)=O. The fraction of sp³-hybridized carbons (Fsp3) is 0.714. The maximum absolute atomic E-state index is 12.3. The van der Waals surface area contributed by atoms with Crippen molar-refractivity contribution in [2.45, 2.75) is 110 Å². The molecular formula is C28H38O19. The quantitative estimate of drug-likeness (QED) is 0.171. The van der Waals surface area contributed by atoms with E-state index in [1.165, 1.54) is 0 Å². The first-order chi connectivity index (χ1) is 21.8. The van der Waals surface area contributed by atoms with E-state index in [1.54, 1.807) is 0 Å². The average molecular weight is 679 g/mol. The van der Waals surface area contributed by atoms with Crippen LogP contribution in [-0.2, 0) is 90.5 Å². The third kappa shape index (κ3) is 11.4. The predicted octanol–water partition coefficient (Wildman–Crippen LogP) is -0.829. The second kappa shape index (κ2) is 17.0. The molecule has 0 spiro atoms. The lowest BCUT2D eigenvalue weighted by molar-refractivity contribution is -0.384. The van der Waals surface area contributed by atoms with E-state index < -0.39 is 122 Å². The summed E-state index contributed by atoms with van der Waals surface area (Å²) in [5, 5.41) is 0. The van der Waals surface area contributed by atoms with E-state index in [0.717, 1.165) is 55.4 Å². The molecule has 0 aliphatic carbocycles. The molecule has 264 valence electrons. The molecule has 0 saturated carbocycles. The molecule has 19 heteroatoms. The molecular weight excluding hydrogens is 640 g/mol. The fourth-order valence-electron chi connectivity index (χ4n) is 4.76. The van der Waals surface area contributed by atoms with Crippen LogP contribution in [0.3, 0.4) is 0 Å². The lowest BCUT2D eigenvalue weighted by atomic mass is 9.97. The highest BCUT2D eigenvalue weighted by Crippen LogP contribution is 2.41. The van der Waals surface area contributed by atoms with Crippen LogP contribution in [0.1, 0.15) is 55.4 Å². The Labute approximate surface area is 268 Å². The van der Waals surface area contributed by atoms with Gasteiger partial charge in [-0.1, -0.05) is 0 Å². The van der Waals surface area contributed by atoms with Crippen molar-refractivity contribution in [3.8, 4) is 0 Å². The van der Waals surface area contributed by atoms with Crippen LogP contribution in [0, 0.1) is 0 Å².